The summed E-state index contributed by atoms with van der Waals surface area (Å²) in [6.07, 6.45) is 1.02. The normalized spacial score (nSPS) is 11.9. The molecule has 0 radical (unpaired) electrons. The number of nitriles is 1. The summed E-state index contributed by atoms with van der Waals surface area (Å²) in [5.41, 5.74) is 7.52. The maximum Gasteiger partial charge on any atom is 0.223 e. The highest BCUT2D eigenvalue weighted by Crippen LogP contribution is 2.36. The maximum atomic E-state index is 14.3. The number of aromatic nitrogens is 6. The minimum atomic E-state index is -1.81. The number of rotatable bonds is 4. The van der Waals surface area contributed by atoms with Crippen molar-refractivity contribution in [1.82, 2.24) is 29.5 Å². The van der Waals surface area contributed by atoms with E-state index in [-0.39, 0.29) is 17.4 Å². The molecule has 0 spiro atoms. The highest BCUT2D eigenvalue weighted by molar-refractivity contribution is 5.90. The number of halogens is 2. The van der Waals surface area contributed by atoms with Gasteiger partial charge in [0.2, 0.25) is 5.95 Å². The Kier molecular flexibility index (Phi) is 5.12. The van der Waals surface area contributed by atoms with Gasteiger partial charge in [-0.3, -0.25) is 0 Å². The van der Waals surface area contributed by atoms with Gasteiger partial charge in [0.05, 0.1) is 34.1 Å². The maximum absolute atomic E-state index is 14.3. The number of aliphatic hydroxyl groups is 1. The van der Waals surface area contributed by atoms with Crippen LogP contribution in [0.1, 0.15) is 23.1 Å². The molecule has 0 saturated heterocycles. The first-order chi connectivity index (χ1) is 16.5. The molecule has 1 atom stereocenters. The van der Waals surface area contributed by atoms with Crippen LogP contribution in [-0.2, 0) is 0 Å². The van der Waals surface area contributed by atoms with Crippen molar-refractivity contribution in [2.24, 2.45) is 0 Å². The number of nitrogens with zero attached hydrogens (tertiary/aromatic N) is 7. The number of hydrogen-bond acceptors (Lipinski definition) is 8. The van der Waals surface area contributed by atoms with Crippen molar-refractivity contribution in [1.29, 1.82) is 5.26 Å². The van der Waals surface area contributed by atoms with E-state index in [4.69, 9.17) is 5.73 Å². The van der Waals surface area contributed by atoms with Gasteiger partial charge in [0, 0.05) is 11.8 Å². The average Bonchev–Trinajstić information content (AvgIpc) is 3.30. The summed E-state index contributed by atoms with van der Waals surface area (Å²) in [6, 6.07) is 13.7. The molecule has 166 valence electrons. The van der Waals surface area contributed by atoms with Gasteiger partial charge < -0.3 is 10.8 Å². The Labute approximate surface area is 190 Å². The van der Waals surface area contributed by atoms with Crippen molar-refractivity contribution in [2.45, 2.75) is 6.10 Å². The first kappa shape index (κ1) is 21.0. The molecule has 34 heavy (non-hydrogen) atoms. The van der Waals surface area contributed by atoms with Gasteiger partial charge in [0.25, 0.3) is 0 Å². The Balaban J connectivity index is 1.82. The van der Waals surface area contributed by atoms with E-state index >= 15 is 0 Å². The molecular formula is C23H14F2N8O. The number of anilines is 1. The van der Waals surface area contributed by atoms with Crippen LogP contribution in [0.15, 0.2) is 61.1 Å². The van der Waals surface area contributed by atoms with Gasteiger partial charge in [-0.2, -0.15) is 9.78 Å². The molecule has 11 heteroatoms. The molecule has 9 nitrogen and oxygen atoms in total. The van der Waals surface area contributed by atoms with Gasteiger partial charge in [-0.1, -0.05) is 24.3 Å². The van der Waals surface area contributed by atoms with Gasteiger partial charge in [-0.25, -0.2) is 28.7 Å². The minimum absolute atomic E-state index is 0.115. The lowest BCUT2D eigenvalue weighted by Gasteiger charge is -2.12. The summed E-state index contributed by atoms with van der Waals surface area (Å²) >= 11 is 0. The fraction of sp³-hybridized carbons (Fsp3) is 0.0435. The molecule has 0 fully saturated rings. The monoisotopic (exact) mass is 456 g/mol. The molecule has 3 heterocycles. The smallest absolute Gasteiger partial charge is 0.223 e. The molecule has 2 aromatic carbocycles. The van der Waals surface area contributed by atoms with E-state index < -0.39 is 23.3 Å². The second-order valence-corrected chi connectivity index (χ2v) is 7.19. The van der Waals surface area contributed by atoms with Crippen LogP contribution in [0.3, 0.4) is 0 Å². The third-order valence-corrected chi connectivity index (χ3v) is 5.19. The van der Waals surface area contributed by atoms with E-state index in [0.29, 0.717) is 28.1 Å². The van der Waals surface area contributed by atoms with Crippen molar-refractivity contribution in [3.05, 3.63) is 89.6 Å². The van der Waals surface area contributed by atoms with Crippen LogP contribution in [0.2, 0.25) is 0 Å². The molecule has 0 aliphatic rings. The van der Waals surface area contributed by atoms with Crippen molar-refractivity contribution in [3.8, 4) is 28.6 Å². The number of benzene rings is 2. The second-order valence-electron chi connectivity index (χ2n) is 7.19. The first-order valence-corrected chi connectivity index (χ1v) is 9.93. The van der Waals surface area contributed by atoms with E-state index in [1.165, 1.54) is 18.6 Å². The van der Waals surface area contributed by atoms with E-state index in [0.717, 1.165) is 16.6 Å². The van der Waals surface area contributed by atoms with Crippen molar-refractivity contribution < 1.29 is 13.9 Å². The largest absolute Gasteiger partial charge is 0.380 e. The molecule has 0 aliphatic heterocycles. The molecule has 3 N–H and O–H groups in total. The van der Waals surface area contributed by atoms with Crippen molar-refractivity contribution in [2.75, 3.05) is 5.73 Å². The molecule has 1 unspecified atom stereocenters. The summed E-state index contributed by atoms with van der Waals surface area (Å²) in [4.78, 5) is 17.0. The fourth-order valence-electron chi connectivity index (χ4n) is 3.65. The summed E-state index contributed by atoms with van der Waals surface area (Å²) in [6.45, 7) is 0. The lowest BCUT2D eigenvalue weighted by molar-refractivity contribution is 0.199. The SMILES string of the molecule is N#Cc1ccccc1-c1nc(N)n2nc(C(O)c3c(F)cccc3F)nc2c1-c1ccncn1. The summed E-state index contributed by atoms with van der Waals surface area (Å²) in [5, 5.41) is 24.5. The predicted octanol–water partition coefficient (Wildman–Crippen LogP) is 3.06. The van der Waals surface area contributed by atoms with Crippen LogP contribution >= 0.6 is 0 Å². The zero-order valence-corrected chi connectivity index (χ0v) is 17.3. The predicted molar refractivity (Wildman–Crippen MR) is 117 cm³/mol. The standard InChI is InChI=1S/C23H14F2N8O/c24-14-6-3-7-15(25)17(14)20(34)21-31-22-18(16-8-9-28-11-29-16)19(30-23(27)33(22)32-21)13-5-2-1-4-12(13)10-26/h1-9,11,20,34H,(H2,27,30). The van der Waals surface area contributed by atoms with Gasteiger partial charge in [0.1, 0.15) is 24.1 Å². The van der Waals surface area contributed by atoms with Gasteiger partial charge in [-0.05, 0) is 24.3 Å². The van der Waals surface area contributed by atoms with Crippen LogP contribution < -0.4 is 5.73 Å². The summed E-state index contributed by atoms with van der Waals surface area (Å²) in [5.74, 6) is -2.30. The van der Waals surface area contributed by atoms with E-state index in [1.54, 1.807) is 30.3 Å². The van der Waals surface area contributed by atoms with E-state index in [2.05, 4.69) is 31.1 Å². The Bertz CT molecular complexity index is 1560. The molecule has 3 aromatic heterocycles. The van der Waals surface area contributed by atoms with Crippen molar-refractivity contribution in [3.63, 3.8) is 0 Å². The van der Waals surface area contributed by atoms with Crippen LogP contribution in [-0.4, -0.2) is 34.7 Å². The van der Waals surface area contributed by atoms with Gasteiger partial charge in [0.15, 0.2) is 11.5 Å². The summed E-state index contributed by atoms with van der Waals surface area (Å²) < 4.78 is 29.7. The number of aliphatic hydroxyl groups excluding tert-OH is 1. The van der Waals surface area contributed by atoms with Crippen LogP contribution in [0, 0.1) is 23.0 Å². The zero-order chi connectivity index (χ0) is 23.8. The topological polar surface area (TPSA) is 139 Å². The Hall–Kier alpha value is -4.82. The number of nitrogens with two attached hydrogens (primary N) is 1. The quantitative estimate of drug-likeness (QED) is 0.421. The molecular weight excluding hydrogens is 442 g/mol. The first-order valence-electron chi connectivity index (χ1n) is 9.93. The lowest BCUT2D eigenvalue weighted by atomic mass is 9.99. The lowest BCUT2D eigenvalue weighted by Crippen LogP contribution is -2.08. The number of nitrogen functional groups attached to an aromatic ring is 1. The summed E-state index contributed by atoms with van der Waals surface area (Å²) in [7, 11) is 0. The number of hydrogen-bond donors (Lipinski definition) is 2. The van der Waals surface area contributed by atoms with Crippen LogP contribution in [0.5, 0.6) is 0 Å². The Morgan fingerprint density at radius 3 is 2.50 bits per heavy atom. The zero-order valence-electron chi connectivity index (χ0n) is 17.3. The Morgan fingerprint density at radius 1 is 1.03 bits per heavy atom. The molecule has 0 amide bonds. The molecule has 0 bridgehead atoms. The molecule has 0 saturated carbocycles. The minimum Gasteiger partial charge on any atom is -0.380 e. The van der Waals surface area contributed by atoms with Crippen LogP contribution in [0.4, 0.5) is 14.7 Å². The van der Waals surface area contributed by atoms with Crippen LogP contribution in [0.25, 0.3) is 28.2 Å². The van der Waals surface area contributed by atoms with E-state index in [1.807, 2.05) is 0 Å². The molecule has 0 aliphatic carbocycles. The van der Waals surface area contributed by atoms with Crippen molar-refractivity contribution >= 4 is 11.6 Å². The number of fused-ring (bicyclic) bond motifs is 1. The molecule has 5 aromatic rings. The second kappa shape index (κ2) is 8.27. The highest BCUT2D eigenvalue weighted by atomic mass is 19.1. The van der Waals surface area contributed by atoms with Gasteiger partial charge >= 0.3 is 0 Å². The van der Waals surface area contributed by atoms with Gasteiger partial charge in [-0.15, -0.1) is 5.10 Å². The fourth-order valence-corrected chi connectivity index (χ4v) is 3.65. The van der Waals surface area contributed by atoms with E-state index in [9.17, 15) is 19.1 Å². The third-order valence-electron chi connectivity index (χ3n) is 5.19. The third kappa shape index (κ3) is 3.39. The Morgan fingerprint density at radius 2 is 1.79 bits per heavy atom. The average molecular weight is 456 g/mol. The molecule has 5 rings (SSSR count). The highest BCUT2D eigenvalue weighted by Gasteiger charge is 2.27.